The number of amides is 2. The van der Waals surface area contributed by atoms with Crippen LogP contribution in [0.15, 0.2) is 33.5 Å². The maximum atomic E-state index is 11.6. The minimum atomic E-state index is -0.716. The van der Waals surface area contributed by atoms with Crippen LogP contribution in [0.2, 0.25) is 0 Å². The first-order valence-electron chi connectivity index (χ1n) is 5.35. The minimum Gasteiger partial charge on any atom is -0.408 e. The van der Waals surface area contributed by atoms with Crippen LogP contribution in [0.4, 0.5) is 0 Å². The molecule has 3 N–H and O–H groups in total. The highest BCUT2D eigenvalue weighted by Gasteiger charge is 2.12. The fraction of sp³-hybridized carbons (Fsp3) is 0.182. The number of nitrogens with two attached hydrogens (primary N) is 1. The van der Waals surface area contributed by atoms with Crippen molar-refractivity contribution in [1.82, 2.24) is 10.0 Å². The molecule has 0 unspecified atom stereocenters. The number of primary amides is 1. The first kappa shape index (κ1) is 12.8. The van der Waals surface area contributed by atoms with Crippen LogP contribution in [0, 0.1) is 0 Å². The number of rotatable bonds is 5. The van der Waals surface area contributed by atoms with Crippen LogP contribution in [0.1, 0.15) is 0 Å². The molecule has 100 valence electrons. The van der Waals surface area contributed by atoms with Crippen LogP contribution in [-0.2, 0) is 21.0 Å². The van der Waals surface area contributed by atoms with Crippen molar-refractivity contribution in [2.45, 2.75) is 6.54 Å². The summed E-state index contributed by atoms with van der Waals surface area (Å²) >= 11 is 0. The molecule has 1 heterocycles. The average molecular weight is 265 g/mol. The molecule has 0 radical (unpaired) electrons. The van der Waals surface area contributed by atoms with E-state index >= 15 is 0 Å². The molecule has 0 saturated carbocycles. The Morgan fingerprint density at radius 2 is 2.11 bits per heavy atom. The number of hydrogen-bond acceptors (Lipinski definition) is 5. The van der Waals surface area contributed by atoms with Gasteiger partial charge in [-0.05, 0) is 12.1 Å². The molecule has 0 fully saturated rings. The Morgan fingerprint density at radius 1 is 1.37 bits per heavy atom. The molecule has 0 spiro atoms. The summed E-state index contributed by atoms with van der Waals surface area (Å²) in [7, 11) is 0. The Balaban J connectivity index is 2.09. The quantitative estimate of drug-likeness (QED) is 0.681. The topological polar surface area (TPSA) is 117 Å². The number of hydrogen-bond donors (Lipinski definition) is 2. The lowest BCUT2D eigenvalue weighted by atomic mass is 10.3. The van der Waals surface area contributed by atoms with Gasteiger partial charge in [-0.15, -0.1) is 0 Å². The average Bonchev–Trinajstić information content (AvgIpc) is 2.66. The Hall–Kier alpha value is -2.61. The third-order valence-corrected chi connectivity index (χ3v) is 2.28. The van der Waals surface area contributed by atoms with Gasteiger partial charge in [0.1, 0.15) is 6.54 Å². The van der Waals surface area contributed by atoms with Crippen LogP contribution in [0.25, 0.3) is 11.1 Å². The molecule has 0 bridgehead atoms. The van der Waals surface area contributed by atoms with E-state index < -0.39 is 24.2 Å². The molecule has 0 aliphatic rings. The lowest BCUT2D eigenvalue weighted by Crippen LogP contribution is -2.33. The van der Waals surface area contributed by atoms with Crippen LogP contribution in [-0.4, -0.2) is 23.0 Å². The summed E-state index contributed by atoms with van der Waals surface area (Å²) in [6.45, 7) is -0.721. The second-order valence-electron chi connectivity index (χ2n) is 3.70. The summed E-state index contributed by atoms with van der Waals surface area (Å²) in [6.07, 6.45) is 0. The van der Waals surface area contributed by atoms with E-state index in [-0.39, 0.29) is 6.54 Å². The molecule has 8 heteroatoms. The molecule has 2 aromatic rings. The number of aromatic nitrogens is 1. The fourth-order valence-electron chi connectivity index (χ4n) is 1.53. The van der Waals surface area contributed by atoms with E-state index in [2.05, 4.69) is 4.84 Å². The van der Waals surface area contributed by atoms with E-state index in [9.17, 15) is 14.4 Å². The Kier molecular flexibility index (Phi) is 3.62. The van der Waals surface area contributed by atoms with Gasteiger partial charge in [0.15, 0.2) is 12.2 Å². The summed E-state index contributed by atoms with van der Waals surface area (Å²) in [5, 5.41) is 0. The zero-order chi connectivity index (χ0) is 13.8. The molecular weight excluding hydrogens is 254 g/mol. The number of nitrogens with one attached hydrogen (secondary N) is 1. The van der Waals surface area contributed by atoms with Crippen LogP contribution in [0.5, 0.6) is 0 Å². The molecule has 8 nitrogen and oxygen atoms in total. The van der Waals surface area contributed by atoms with E-state index in [1.165, 1.54) is 0 Å². The summed E-state index contributed by atoms with van der Waals surface area (Å²) < 4.78 is 6.11. The van der Waals surface area contributed by atoms with E-state index in [0.717, 1.165) is 4.57 Å². The van der Waals surface area contributed by atoms with Crippen molar-refractivity contribution in [3.05, 3.63) is 34.8 Å². The van der Waals surface area contributed by atoms with Gasteiger partial charge in [0.05, 0.1) is 5.52 Å². The van der Waals surface area contributed by atoms with Crippen molar-refractivity contribution in [3.8, 4) is 0 Å². The lowest BCUT2D eigenvalue weighted by molar-refractivity contribution is -0.138. The zero-order valence-corrected chi connectivity index (χ0v) is 9.79. The number of fused-ring (bicyclic) bond motifs is 1. The van der Waals surface area contributed by atoms with E-state index in [4.69, 9.17) is 10.2 Å². The first-order chi connectivity index (χ1) is 9.08. The second kappa shape index (κ2) is 5.36. The van der Waals surface area contributed by atoms with Crippen molar-refractivity contribution < 1.29 is 18.8 Å². The maximum absolute atomic E-state index is 11.6. The highest BCUT2D eigenvalue weighted by molar-refractivity contribution is 5.79. The van der Waals surface area contributed by atoms with E-state index in [1.807, 2.05) is 5.48 Å². The number of carbonyl (C=O) groups excluding carboxylic acids is 2. The van der Waals surface area contributed by atoms with Gasteiger partial charge in [0.2, 0.25) is 5.91 Å². The smallest absolute Gasteiger partial charge is 0.408 e. The number of carbonyl (C=O) groups is 2. The molecule has 1 aromatic heterocycles. The largest absolute Gasteiger partial charge is 0.420 e. The summed E-state index contributed by atoms with van der Waals surface area (Å²) in [4.78, 5) is 38.0. The number of para-hydroxylation sites is 2. The van der Waals surface area contributed by atoms with E-state index in [1.54, 1.807) is 24.3 Å². The molecule has 0 saturated heterocycles. The van der Waals surface area contributed by atoms with Crippen molar-refractivity contribution in [3.63, 3.8) is 0 Å². The van der Waals surface area contributed by atoms with Gasteiger partial charge in [-0.2, -0.15) is 0 Å². The van der Waals surface area contributed by atoms with Crippen molar-refractivity contribution in [2.24, 2.45) is 5.73 Å². The fourth-order valence-corrected chi connectivity index (χ4v) is 1.53. The molecule has 2 rings (SSSR count). The minimum absolute atomic E-state index is 0.283. The Bertz CT molecular complexity index is 672. The predicted molar refractivity (Wildman–Crippen MR) is 63.8 cm³/mol. The maximum Gasteiger partial charge on any atom is 0.420 e. The molecule has 2 amide bonds. The molecule has 0 aliphatic heterocycles. The Morgan fingerprint density at radius 3 is 2.84 bits per heavy atom. The van der Waals surface area contributed by atoms with Gasteiger partial charge >= 0.3 is 5.76 Å². The number of hydroxylamine groups is 1. The van der Waals surface area contributed by atoms with Gasteiger partial charge in [-0.3, -0.25) is 19.0 Å². The zero-order valence-electron chi connectivity index (χ0n) is 9.79. The van der Waals surface area contributed by atoms with Crippen molar-refractivity contribution in [2.75, 3.05) is 6.61 Å². The SMILES string of the molecule is NC(=O)CONC(=O)Cn1c(=O)oc2ccccc21. The molecule has 1 aromatic carbocycles. The summed E-state index contributed by atoms with van der Waals surface area (Å²) in [5.74, 6) is -1.97. The second-order valence-corrected chi connectivity index (χ2v) is 3.70. The van der Waals surface area contributed by atoms with Gasteiger partial charge in [-0.25, -0.2) is 10.3 Å². The number of nitrogens with zero attached hydrogens (tertiary/aromatic N) is 1. The van der Waals surface area contributed by atoms with Crippen molar-refractivity contribution in [1.29, 1.82) is 0 Å². The van der Waals surface area contributed by atoms with Crippen LogP contribution in [0.3, 0.4) is 0 Å². The van der Waals surface area contributed by atoms with Gasteiger partial charge in [0, 0.05) is 0 Å². The molecule has 19 heavy (non-hydrogen) atoms. The summed E-state index contributed by atoms with van der Waals surface area (Å²) in [6, 6.07) is 6.70. The van der Waals surface area contributed by atoms with Crippen molar-refractivity contribution >= 4 is 22.9 Å². The van der Waals surface area contributed by atoms with Crippen LogP contribution < -0.4 is 17.0 Å². The molecule has 0 atom stereocenters. The third kappa shape index (κ3) is 2.99. The molecular formula is C11H11N3O5. The normalized spacial score (nSPS) is 10.5. The molecule has 0 aliphatic carbocycles. The van der Waals surface area contributed by atoms with Gasteiger partial charge < -0.3 is 10.2 Å². The van der Waals surface area contributed by atoms with Gasteiger partial charge in [-0.1, -0.05) is 12.1 Å². The number of benzene rings is 1. The highest BCUT2D eigenvalue weighted by Crippen LogP contribution is 2.11. The first-order valence-corrected chi connectivity index (χ1v) is 5.35. The van der Waals surface area contributed by atoms with Crippen LogP contribution >= 0.6 is 0 Å². The monoisotopic (exact) mass is 265 g/mol. The standard InChI is InChI=1S/C11H11N3O5/c12-9(15)6-18-13-10(16)5-14-7-3-1-2-4-8(7)19-11(14)17/h1-4H,5-6H2,(H2,12,15)(H,13,16). The summed E-state index contributed by atoms with van der Waals surface area (Å²) in [5.41, 5.74) is 7.72. The lowest BCUT2D eigenvalue weighted by Gasteiger charge is -2.04. The highest BCUT2D eigenvalue weighted by atomic mass is 16.7. The third-order valence-electron chi connectivity index (χ3n) is 2.28. The van der Waals surface area contributed by atoms with Gasteiger partial charge in [0.25, 0.3) is 5.91 Å². The number of oxazole rings is 1. The Labute approximate surface area is 106 Å². The van der Waals surface area contributed by atoms with E-state index in [0.29, 0.717) is 11.1 Å². The predicted octanol–water partition coefficient (Wildman–Crippen LogP) is -0.872.